The van der Waals surface area contributed by atoms with Crippen LogP contribution in [0.5, 0.6) is 0 Å². The van der Waals surface area contributed by atoms with Crippen LogP contribution in [0.4, 0.5) is 14.5 Å². The molecule has 0 fully saturated rings. The lowest BCUT2D eigenvalue weighted by atomic mass is 10.2. The van der Waals surface area contributed by atoms with Gasteiger partial charge < -0.3 is 5.73 Å². The van der Waals surface area contributed by atoms with E-state index in [9.17, 15) is 18.9 Å². The summed E-state index contributed by atoms with van der Waals surface area (Å²) in [6.07, 6.45) is 0. The Morgan fingerprint density at radius 3 is 2.67 bits per heavy atom. The van der Waals surface area contributed by atoms with Crippen LogP contribution in [-0.2, 0) is 6.54 Å². The third-order valence-corrected chi connectivity index (χ3v) is 3.09. The van der Waals surface area contributed by atoms with Crippen LogP contribution in [0.3, 0.4) is 0 Å². The zero-order chi connectivity index (χ0) is 13.3. The summed E-state index contributed by atoms with van der Waals surface area (Å²) >= 11 is 0.885. The van der Waals surface area contributed by atoms with E-state index in [1.165, 1.54) is 0 Å². The van der Waals surface area contributed by atoms with Gasteiger partial charge in [-0.25, -0.2) is 4.39 Å². The molecular formula is C9H6F2N4O2S. The molecule has 0 spiro atoms. The summed E-state index contributed by atoms with van der Waals surface area (Å²) in [4.78, 5) is 9.64. The predicted molar refractivity (Wildman–Crippen MR) is 59.8 cm³/mol. The van der Waals surface area contributed by atoms with Crippen molar-refractivity contribution in [3.05, 3.63) is 38.9 Å². The number of halogens is 2. The number of nitro benzene ring substituents is 1. The second-order valence-electron chi connectivity index (χ2n) is 3.22. The highest BCUT2D eigenvalue weighted by Crippen LogP contribution is 2.33. The van der Waals surface area contributed by atoms with Gasteiger partial charge in [-0.05, 0) is 6.07 Å². The maximum atomic E-state index is 13.8. The Morgan fingerprint density at radius 1 is 1.39 bits per heavy atom. The standard InChI is InChI=1S/C9H6F2N4O2S/c10-4-1-2-5(15(16)17)8(11)7(4)9-14-13-6(3-12)18-9/h1-2H,3,12H2. The van der Waals surface area contributed by atoms with E-state index in [1.54, 1.807) is 0 Å². The first-order valence-corrected chi connectivity index (χ1v) is 5.51. The van der Waals surface area contributed by atoms with Crippen molar-refractivity contribution in [2.45, 2.75) is 6.54 Å². The van der Waals surface area contributed by atoms with Crippen LogP contribution in [0.1, 0.15) is 5.01 Å². The molecule has 0 saturated carbocycles. The molecule has 1 heterocycles. The quantitative estimate of drug-likeness (QED) is 0.679. The van der Waals surface area contributed by atoms with Crippen molar-refractivity contribution in [3.8, 4) is 10.6 Å². The number of aromatic nitrogens is 2. The normalized spacial score (nSPS) is 10.6. The van der Waals surface area contributed by atoms with Gasteiger partial charge in [0, 0.05) is 12.6 Å². The minimum Gasteiger partial charge on any atom is -0.324 e. The average Bonchev–Trinajstić information content (AvgIpc) is 2.77. The van der Waals surface area contributed by atoms with E-state index in [1.807, 2.05) is 0 Å². The van der Waals surface area contributed by atoms with Crippen LogP contribution < -0.4 is 5.73 Å². The molecule has 0 amide bonds. The molecule has 0 aliphatic carbocycles. The lowest BCUT2D eigenvalue weighted by Gasteiger charge is -2.01. The molecule has 94 valence electrons. The number of benzene rings is 1. The van der Waals surface area contributed by atoms with E-state index < -0.39 is 27.8 Å². The Bertz CT molecular complexity index is 617. The molecule has 0 bridgehead atoms. The van der Waals surface area contributed by atoms with Gasteiger partial charge in [-0.1, -0.05) is 11.3 Å². The van der Waals surface area contributed by atoms with Crippen LogP contribution in [0, 0.1) is 21.7 Å². The second kappa shape index (κ2) is 4.70. The fraction of sp³-hybridized carbons (Fsp3) is 0.111. The van der Waals surface area contributed by atoms with Crippen molar-refractivity contribution in [2.75, 3.05) is 0 Å². The van der Waals surface area contributed by atoms with E-state index in [-0.39, 0.29) is 11.6 Å². The third-order valence-electron chi connectivity index (χ3n) is 2.12. The summed E-state index contributed by atoms with van der Waals surface area (Å²) in [5.74, 6) is -2.20. The van der Waals surface area contributed by atoms with Gasteiger partial charge in [0.05, 0.1) is 10.5 Å². The lowest BCUT2D eigenvalue weighted by molar-refractivity contribution is -0.387. The Kier molecular flexibility index (Phi) is 3.26. The molecule has 2 rings (SSSR count). The molecule has 1 aromatic heterocycles. The molecule has 0 radical (unpaired) electrons. The highest BCUT2D eigenvalue weighted by atomic mass is 32.1. The second-order valence-corrected chi connectivity index (χ2v) is 4.28. The Morgan fingerprint density at radius 2 is 2.11 bits per heavy atom. The zero-order valence-electron chi connectivity index (χ0n) is 8.76. The molecule has 0 atom stereocenters. The molecule has 0 aliphatic heterocycles. The van der Waals surface area contributed by atoms with Gasteiger partial charge in [0.25, 0.3) is 0 Å². The van der Waals surface area contributed by atoms with Gasteiger partial charge in [0.2, 0.25) is 5.82 Å². The van der Waals surface area contributed by atoms with Crippen LogP contribution >= 0.6 is 11.3 Å². The van der Waals surface area contributed by atoms with Gasteiger partial charge in [-0.2, -0.15) is 4.39 Å². The number of hydrogen-bond acceptors (Lipinski definition) is 6. The van der Waals surface area contributed by atoms with Gasteiger partial charge in [0.15, 0.2) is 5.01 Å². The fourth-order valence-corrected chi connectivity index (χ4v) is 2.07. The fourth-order valence-electron chi connectivity index (χ4n) is 1.32. The first kappa shape index (κ1) is 12.5. The van der Waals surface area contributed by atoms with Crippen LogP contribution in [0.2, 0.25) is 0 Å². The summed E-state index contributed by atoms with van der Waals surface area (Å²) in [7, 11) is 0. The van der Waals surface area contributed by atoms with Crippen molar-refractivity contribution in [2.24, 2.45) is 5.73 Å². The monoisotopic (exact) mass is 272 g/mol. The third kappa shape index (κ3) is 2.05. The summed E-state index contributed by atoms with van der Waals surface area (Å²) in [5, 5.41) is 18.1. The molecule has 2 aromatic rings. The number of rotatable bonds is 3. The molecular weight excluding hydrogens is 266 g/mol. The highest BCUT2D eigenvalue weighted by molar-refractivity contribution is 7.14. The Balaban J connectivity index is 2.62. The van der Waals surface area contributed by atoms with Gasteiger partial charge >= 0.3 is 5.69 Å². The summed E-state index contributed by atoms with van der Waals surface area (Å²) < 4.78 is 27.3. The summed E-state index contributed by atoms with van der Waals surface area (Å²) in [6, 6.07) is 1.58. The molecule has 1 aromatic carbocycles. The van der Waals surface area contributed by atoms with E-state index in [0.717, 1.165) is 23.5 Å². The summed E-state index contributed by atoms with van der Waals surface area (Å²) in [5.41, 5.74) is 3.94. The van der Waals surface area contributed by atoms with Gasteiger partial charge in [-0.15, -0.1) is 10.2 Å². The van der Waals surface area contributed by atoms with E-state index in [2.05, 4.69) is 10.2 Å². The molecule has 0 unspecified atom stereocenters. The number of nitro groups is 1. The average molecular weight is 272 g/mol. The smallest absolute Gasteiger partial charge is 0.305 e. The molecule has 9 heteroatoms. The van der Waals surface area contributed by atoms with Crippen LogP contribution in [0.25, 0.3) is 10.6 Å². The Labute approximate surface area is 103 Å². The largest absolute Gasteiger partial charge is 0.324 e. The first-order valence-electron chi connectivity index (χ1n) is 4.69. The molecule has 6 nitrogen and oxygen atoms in total. The Hall–Kier alpha value is -2.00. The topological polar surface area (TPSA) is 94.9 Å². The molecule has 2 N–H and O–H groups in total. The van der Waals surface area contributed by atoms with E-state index in [0.29, 0.717) is 5.01 Å². The van der Waals surface area contributed by atoms with Crippen molar-refractivity contribution in [1.29, 1.82) is 0 Å². The molecule has 0 aliphatic rings. The van der Waals surface area contributed by atoms with E-state index >= 15 is 0 Å². The number of hydrogen-bond donors (Lipinski definition) is 1. The van der Waals surface area contributed by atoms with Crippen molar-refractivity contribution >= 4 is 17.0 Å². The highest BCUT2D eigenvalue weighted by Gasteiger charge is 2.24. The lowest BCUT2D eigenvalue weighted by Crippen LogP contribution is -1.97. The maximum absolute atomic E-state index is 13.8. The maximum Gasteiger partial charge on any atom is 0.305 e. The van der Waals surface area contributed by atoms with Crippen LogP contribution in [0.15, 0.2) is 12.1 Å². The SMILES string of the molecule is NCc1nnc(-c2c(F)ccc([N+](=O)[O-])c2F)s1. The summed E-state index contributed by atoms with van der Waals surface area (Å²) in [6.45, 7) is 0.0792. The molecule has 0 saturated heterocycles. The van der Waals surface area contributed by atoms with Gasteiger partial charge in [-0.3, -0.25) is 10.1 Å². The van der Waals surface area contributed by atoms with Crippen molar-refractivity contribution in [1.82, 2.24) is 10.2 Å². The number of nitrogens with two attached hydrogens (primary N) is 1. The van der Waals surface area contributed by atoms with Gasteiger partial charge in [0.1, 0.15) is 10.8 Å². The molecule has 18 heavy (non-hydrogen) atoms. The minimum absolute atomic E-state index is 0.0749. The first-order chi connectivity index (χ1) is 8.54. The van der Waals surface area contributed by atoms with Crippen molar-refractivity contribution < 1.29 is 13.7 Å². The zero-order valence-corrected chi connectivity index (χ0v) is 9.58. The number of nitrogens with zero attached hydrogens (tertiary/aromatic N) is 3. The minimum atomic E-state index is -1.26. The van der Waals surface area contributed by atoms with Crippen molar-refractivity contribution in [3.63, 3.8) is 0 Å². The van der Waals surface area contributed by atoms with E-state index in [4.69, 9.17) is 5.73 Å². The predicted octanol–water partition coefficient (Wildman–Crippen LogP) is 1.85. The van der Waals surface area contributed by atoms with Crippen LogP contribution in [-0.4, -0.2) is 15.1 Å².